The summed E-state index contributed by atoms with van der Waals surface area (Å²) in [7, 11) is 0. The third-order valence-electron chi connectivity index (χ3n) is 4.17. The maximum Gasteiger partial charge on any atom is 0.0236 e. The zero-order chi connectivity index (χ0) is 12.4. The number of nitrogens with zero attached hydrogens (tertiary/aromatic N) is 1. The summed E-state index contributed by atoms with van der Waals surface area (Å²) in [4.78, 5) is 2.63. The van der Waals surface area contributed by atoms with Crippen molar-refractivity contribution in [1.82, 2.24) is 10.2 Å². The highest BCUT2D eigenvalue weighted by atomic mass is 79.9. The average Bonchev–Trinajstić information content (AvgIpc) is 2.40. The second-order valence-electron chi connectivity index (χ2n) is 5.61. The first-order chi connectivity index (χ1) is 8.81. The van der Waals surface area contributed by atoms with E-state index in [2.05, 4.69) is 44.3 Å². The molecule has 0 aliphatic carbocycles. The monoisotopic (exact) mass is 308 g/mol. The van der Waals surface area contributed by atoms with Crippen molar-refractivity contribution in [2.75, 3.05) is 26.2 Å². The normalized spacial score (nSPS) is 24.8. The number of benzene rings is 1. The Labute approximate surface area is 118 Å². The molecule has 1 unspecified atom stereocenters. The molecule has 1 saturated heterocycles. The van der Waals surface area contributed by atoms with Crippen LogP contribution in [0.15, 0.2) is 22.7 Å². The Morgan fingerprint density at radius 1 is 1.33 bits per heavy atom. The number of nitrogens with one attached hydrogen (secondary N) is 1. The van der Waals surface area contributed by atoms with E-state index in [0.29, 0.717) is 0 Å². The van der Waals surface area contributed by atoms with Crippen LogP contribution >= 0.6 is 15.9 Å². The van der Waals surface area contributed by atoms with Crippen molar-refractivity contribution < 1.29 is 0 Å². The van der Waals surface area contributed by atoms with Gasteiger partial charge in [0.25, 0.3) is 0 Å². The van der Waals surface area contributed by atoms with E-state index in [1.807, 2.05) is 0 Å². The van der Waals surface area contributed by atoms with Gasteiger partial charge in [0.15, 0.2) is 0 Å². The molecular formula is C15H21BrN2. The van der Waals surface area contributed by atoms with E-state index in [1.165, 1.54) is 61.0 Å². The van der Waals surface area contributed by atoms with Gasteiger partial charge in [-0.2, -0.15) is 0 Å². The Bertz CT molecular complexity index is 413. The number of piperidine rings is 1. The summed E-state index contributed by atoms with van der Waals surface area (Å²) in [6.07, 6.45) is 3.95. The lowest BCUT2D eigenvalue weighted by atomic mass is 9.95. The first kappa shape index (κ1) is 12.6. The van der Waals surface area contributed by atoms with Crippen LogP contribution in [-0.4, -0.2) is 31.1 Å². The summed E-state index contributed by atoms with van der Waals surface area (Å²) in [5.41, 5.74) is 3.05. The van der Waals surface area contributed by atoms with Gasteiger partial charge in [-0.25, -0.2) is 0 Å². The van der Waals surface area contributed by atoms with Crippen LogP contribution in [0.25, 0.3) is 0 Å². The lowest BCUT2D eigenvalue weighted by Gasteiger charge is -2.33. The molecule has 2 aliphatic rings. The molecule has 0 radical (unpaired) electrons. The highest BCUT2D eigenvalue weighted by Gasteiger charge is 2.20. The van der Waals surface area contributed by atoms with E-state index >= 15 is 0 Å². The minimum absolute atomic E-state index is 0.857. The van der Waals surface area contributed by atoms with E-state index in [0.717, 1.165) is 12.5 Å². The van der Waals surface area contributed by atoms with Crippen LogP contribution in [0.2, 0.25) is 0 Å². The largest absolute Gasteiger partial charge is 0.316 e. The van der Waals surface area contributed by atoms with Crippen molar-refractivity contribution >= 4 is 15.9 Å². The molecule has 0 bridgehead atoms. The molecule has 1 fully saturated rings. The summed E-state index contributed by atoms with van der Waals surface area (Å²) in [6.45, 7) is 6.05. The van der Waals surface area contributed by atoms with Gasteiger partial charge in [-0.3, -0.25) is 4.90 Å². The smallest absolute Gasteiger partial charge is 0.0236 e. The van der Waals surface area contributed by atoms with Gasteiger partial charge >= 0.3 is 0 Å². The lowest BCUT2D eigenvalue weighted by molar-refractivity contribution is 0.194. The summed E-state index contributed by atoms with van der Waals surface area (Å²) >= 11 is 3.56. The van der Waals surface area contributed by atoms with Gasteiger partial charge in [0.05, 0.1) is 0 Å². The lowest BCUT2D eigenvalue weighted by Crippen LogP contribution is -2.40. The summed E-state index contributed by atoms with van der Waals surface area (Å²) in [5, 5.41) is 3.52. The van der Waals surface area contributed by atoms with E-state index in [9.17, 15) is 0 Å². The number of rotatable bonds is 2. The second kappa shape index (κ2) is 5.72. The third kappa shape index (κ3) is 2.95. The number of fused-ring (bicyclic) bond motifs is 1. The van der Waals surface area contributed by atoms with E-state index in [1.54, 1.807) is 0 Å². The van der Waals surface area contributed by atoms with Crippen molar-refractivity contribution in [3.8, 4) is 0 Å². The molecule has 18 heavy (non-hydrogen) atoms. The number of hydrogen-bond acceptors (Lipinski definition) is 2. The Morgan fingerprint density at radius 2 is 2.28 bits per heavy atom. The standard InChI is InChI=1S/C15H21BrN2/c16-15-4-3-14-11-18(7-5-13(14)8-15)10-12-2-1-6-17-9-12/h3-4,8,12,17H,1-2,5-7,9-11H2. The first-order valence-corrected chi connectivity index (χ1v) is 7.81. The van der Waals surface area contributed by atoms with Crippen LogP contribution < -0.4 is 5.32 Å². The van der Waals surface area contributed by atoms with Gasteiger partial charge in [-0.05, 0) is 61.5 Å². The Kier molecular flexibility index (Phi) is 4.02. The molecule has 0 saturated carbocycles. The van der Waals surface area contributed by atoms with Crippen molar-refractivity contribution in [3.63, 3.8) is 0 Å². The molecule has 1 N–H and O–H groups in total. The molecule has 2 aliphatic heterocycles. The van der Waals surface area contributed by atoms with Gasteiger partial charge < -0.3 is 5.32 Å². The second-order valence-corrected chi connectivity index (χ2v) is 6.53. The molecule has 0 amide bonds. The van der Waals surface area contributed by atoms with E-state index in [4.69, 9.17) is 0 Å². The quantitative estimate of drug-likeness (QED) is 0.904. The molecule has 2 nitrogen and oxygen atoms in total. The minimum Gasteiger partial charge on any atom is -0.316 e. The molecule has 3 heteroatoms. The summed E-state index contributed by atoms with van der Waals surface area (Å²) < 4.78 is 1.21. The van der Waals surface area contributed by atoms with E-state index in [-0.39, 0.29) is 0 Å². The fraction of sp³-hybridized carbons (Fsp3) is 0.600. The van der Waals surface area contributed by atoms with Gasteiger partial charge in [0.2, 0.25) is 0 Å². The van der Waals surface area contributed by atoms with Crippen LogP contribution in [0.4, 0.5) is 0 Å². The SMILES string of the molecule is Brc1ccc2c(c1)CCN(CC1CCCNC1)C2. The van der Waals surface area contributed by atoms with Gasteiger partial charge in [-0.15, -0.1) is 0 Å². The molecule has 3 rings (SSSR count). The Balaban J connectivity index is 1.62. The highest BCUT2D eigenvalue weighted by Crippen LogP contribution is 2.24. The fourth-order valence-electron chi connectivity index (χ4n) is 3.18. The number of halogens is 1. The predicted octanol–water partition coefficient (Wildman–Crippen LogP) is 2.81. The summed E-state index contributed by atoms with van der Waals surface area (Å²) in [6, 6.07) is 6.74. The first-order valence-electron chi connectivity index (χ1n) is 7.01. The molecule has 98 valence electrons. The maximum absolute atomic E-state index is 3.56. The molecule has 0 spiro atoms. The van der Waals surface area contributed by atoms with Crippen LogP contribution in [0.1, 0.15) is 24.0 Å². The molecule has 1 aromatic rings. The van der Waals surface area contributed by atoms with Crippen molar-refractivity contribution in [1.29, 1.82) is 0 Å². The van der Waals surface area contributed by atoms with Crippen LogP contribution in [0, 0.1) is 5.92 Å². The molecule has 1 atom stereocenters. The number of hydrogen-bond donors (Lipinski definition) is 1. The summed E-state index contributed by atoms with van der Waals surface area (Å²) in [5.74, 6) is 0.857. The van der Waals surface area contributed by atoms with E-state index < -0.39 is 0 Å². The third-order valence-corrected chi connectivity index (χ3v) is 4.67. The van der Waals surface area contributed by atoms with Crippen molar-refractivity contribution in [2.24, 2.45) is 5.92 Å². The van der Waals surface area contributed by atoms with Gasteiger partial charge in [0.1, 0.15) is 0 Å². The Hall–Kier alpha value is -0.380. The maximum atomic E-state index is 3.56. The highest BCUT2D eigenvalue weighted by molar-refractivity contribution is 9.10. The molecular weight excluding hydrogens is 288 g/mol. The fourth-order valence-corrected chi connectivity index (χ4v) is 3.59. The van der Waals surface area contributed by atoms with Crippen molar-refractivity contribution in [2.45, 2.75) is 25.8 Å². The molecule has 2 heterocycles. The van der Waals surface area contributed by atoms with Crippen LogP contribution in [0.5, 0.6) is 0 Å². The zero-order valence-corrected chi connectivity index (χ0v) is 12.4. The zero-order valence-electron chi connectivity index (χ0n) is 10.8. The molecule has 0 aromatic heterocycles. The predicted molar refractivity (Wildman–Crippen MR) is 78.7 cm³/mol. The van der Waals surface area contributed by atoms with Crippen LogP contribution in [-0.2, 0) is 13.0 Å². The van der Waals surface area contributed by atoms with Gasteiger partial charge in [0, 0.05) is 24.1 Å². The van der Waals surface area contributed by atoms with Gasteiger partial charge in [-0.1, -0.05) is 22.0 Å². The minimum atomic E-state index is 0.857. The Morgan fingerprint density at radius 3 is 3.11 bits per heavy atom. The average molecular weight is 309 g/mol. The van der Waals surface area contributed by atoms with Crippen LogP contribution in [0.3, 0.4) is 0 Å². The topological polar surface area (TPSA) is 15.3 Å². The van der Waals surface area contributed by atoms with Crippen molar-refractivity contribution in [3.05, 3.63) is 33.8 Å². The molecule has 1 aromatic carbocycles.